The fraction of sp³-hybridized carbons (Fsp3) is 0.222. The molecule has 0 spiro atoms. The number of anilines is 3. The summed E-state index contributed by atoms with van der Waals surface area (Å²) in [6.45, 7) is 0.484. The summed E-state index contributed by atoms with van der Waals surface area (Å²) in [4.78, 5) is 21.6. The molecule has 0 amide bonds. The quantitative estimate of drug-likeness (QED) is 0.629. The summed E-state index contributed by atoms with van der Waals surface area (Å²) in [6, 6.07) is 1.74. The Kier molecular flexibility index (Phi) is 3.24. The van der Waals surface area contributed by atoms with Crippen molar-refractivity contribution < 1.29 is 0 Å². The molecule has 2 aromatic rings. The average Bonchev–Trinajstić information content (AvgIpc) is 2.72. The molecule has 0 bridgehead atoms. The minimum atomic E-state index is -0.0695. The maximum atomic E-state index is 10.9. The molecule has 0 aliphatic carbocycles. The number of aromatic nitrogens is 3. The Hall–Kier alpha value is -2.09. The van der Waals surface area contributed by atoms with Gasteiger partial charge in [-0.05, 0) is 0 Å². The van der Waals surface area contributed by atoms with Crippen LogP contribution in [-0.4, -0.2) is 22.0 Å². The first kappa shape index (κ1) is 11.4. The lowest BCUT2D eigenvalue weighted by Gasteiger charge is -2.06. The van der Waals surface area contributed by atoms with Crippen molar-refractivity contribution in [1.29, 1.82) is 0 Å². The van der Waals surface area contributed by atoms with E-state index >= 15 is 0 Å². The van der Waals surface area contributed by atoms with Crippen molar-refractivity contribution in [2.75, 3.05) is 23.4 Å². The summed E-state index contributed by atoms with van der Waals surface area (Å²) in [7, 11) is 1.75. The van der Waals surface area contributed by atoms with E-state index in [2.05, 4.69) is 25.6 Å². The van der Waals surface area contributed by atoms with Gasteiger partial charge in [-0.2, -0.15) is 9.97 Å². The fourth-order valence-electron chi connectivity index (χ4n) is 1.27. The zero-order valence-electron chi connectivity index (χ0n) is 9.15. The number of rotatable bonds is 4. The maximum absolute atomic E-state index is 10.9. The lowest BCUT2D eigenvalue weighted by atomic mass is 10.4. The molecule has 0 aliphatic rings. The minimum absolute atomic E-state index is 0.0695. The van der Waals surface area contributed by atoms with E-state index in [0.29, 0.717) is 18.2 Å². The first-order valence-electron chi connectivity index (χ1n) is 4.90. The lowest BCUT2D eigenvalue weighted by Crippen LogP contribution is -2.07. The number of hydrogen-bond acceptors (Lipinski definition) is 7. The number of H-pyrrole nitrogens is 1. The number of aromatic amines is 1. The van der Waals surface area contributed by atoms with Crippen LogP contribution in [0.3, 0.4) is 0 Å². The predicted octanol–water partition coefficient (Wildman–Crippen LogP) is 0.462. The van der Waals surface area contributed by atoms with Gasteiger partial charge < -0.3 is 21.4 Å². The zero-order chi connectivity index (χ0) is 12.3. The van der Waals surface area contributed by atoms with Crippen molar-refractivity contribution in [2.45, 2.75) is 6.54 Å². The van der Waals surface area contributed by atoms with Crippen molar-refractivity contribution in [3.63, 3.8) is 0 Å². The summed E-state index contributed by atoms with van der Waals surface area (Å²) in [5, 5.41) is 7.70. The molecule has 0 radical (unpaired) electrons. The Labute approximate surface area is 101 Å². The van der Waals surface area contributed by atoms with Gasteiger partial charge in [0.25, 0.3) is 0 Å². The van der Waals surface area contributed by atoms with Gasteiger partial charge in [0.15, 0.2) is 0 Å². The topological polar surface area (TPSA) is 109 Å². The SMILES string of the molecule is CNc1cc(NCc2csc(=O)[nH]2)nc(N)n1. The highest BCUT2D eigenvalue weighted by atomic mass is 32.1. The number of thiazole rings is 1. The normalized spacial score (nSPS) is 10.2. The highest BCUT2D eigenvalue weighted by Gasteiger charge is 2.02. The molecule has 7 nitrogen and oxygen atoms in total. The van der Waals surface area contributed by atoms with E-state index in [0.717, 1.165) is 17.0 Å². The molecular weight excluding hydrogens is 240 g/mol. The summed E-state index contributed by atoms with van der Waals surface area (Å²) in [5.41, 5.74) is 6.36. The van der Waals surface area contributed by atoms with Crippen LogP contribution in [0.25, 0.3) is 0 Å². The van der Waals surface area contributed by atoms with Crippen LogP contribution >= 0.6 is 11.3 Å². The van der Waals surface area contributed by atoms with E-state index in [9.17, 15) is 4.79 Å². The van der Waals surface area contributed by atoms with Gasteiger partial charge in [0, 0.05) is 24.2 Å². The van der Waals surface area contributed by atoms with E-state index in [-0.39, 0.29) is 10.8 Å². The van der Waals surface area contributed by atoms with Crippen LogP contribution < -0.4 is 21.2 Å². The van der Waals surface area contributed by atoms with Crippen molar-refractivity contribution >= 4 is 28.9 Å². The number of nitrogens with zero attached hydrogens (tertiary/aromatic N) is 2. The van der Waals surface area contributed by atoms with E-state index in [1.54, 1.807) is 18.5 Å². The second-order valence-electron chi connectivity index (χ2n) is 3.27. The number of hydrogen-bond donors (Lipinski definition) is 4. The molecule has 17 heavy (non-hydrogen) atoms. The highest BCUT2D eigenvalue weighted by Crippen LogP contribution is 2.12. The van der Waals surface area contributed by atoms with Gasteiger partial charge in [-0.1, -0.05) is 11.3 Å². The van der Waals surface area contributed by atoms with Gasteiger partial charge in [-0.3, -0.25) is 4.79 Å². The third kappa shape index (κ3) is 2.94. The highest BCUT2D eigenvalue weighted by molar-refractivity contribution is 7.07. The van der Waals surface area contributed by atoms with E-state index in [4.69, 9.17) is 5.73 Å². The predicted molar refractivity (Wildman–Crippen MR) is 68.3 cm³/mol. The Morgan fingerprint density at radius 1 is 1.47 bits per heavy atom. The molecule has 0 aliphatic heterocycles. The third-order valence-electron chi connectivity index (χ3n) is 2.03. The Bertz CT molecular complexity index is 563. The zero-order valence-corrected chi connectivity index (χ0v) is 9.97. The van der Waals surface area contributed by atoms with Crippen molar-refractivity contribution in [3.05, 3.63) is 26.8 Å². The van der Waals surface area contributed by atoms with Crippen LogP contribution in [0, 0.1) is 0 Å². The van der Waals surface area contributed by atoms with Crippen LogP contribution in [-0.2, 0) is 6.54 Å². The molecule has 8 heteroatoms. The Balaban J connectivity index is 2.08. The van der Waals surface area contributed by atoms with Gasteiger partial charge in [0.05, 0.1) is 6.54 Å². The van der Waals surface area contributed by atoms with E-state index in [1.165, 1.54) is 0 Å². The van der Waals surface area contributed by atoms with Crippen LogP contribution in [0.5, 0.6) is 0 Å². The van der Waals surface area contributed by atoms with Gasteiger partial charge in [-0.15, -0.1) is 0 Å². The molecule has 0 atom stereocenters. The summed E-state index contributed by atoms with van der Waals surface area (Å²) < 4.78 is 0. The Morgan fingerprint density at radius 2 is 2.24 bits per heavy atom. The lowest BCUT2D eigenvalue weighted by molar-refractivity contribution is 1.03. The molecule has 0 fully saturated rings. The van der Waals surface area contributed by atoms with Gasteiger partial charge in [-0.25, -0.2) is 0 Å². The smallest absolute Gasteiger partial charge is 0.304 e. The van der Waals surface area contributed by atoms with E-state index < -0.39 is 0 Å². The molecule has 0 unspecified atom stereocenters. The van der Waals surface area contributed by atoms with Crippen molar-refractivity contribution in [1.82, 2.24) is 15.0 Å². The standard InChI is InChI=1S/C9H12N6OS/c1-11-6-2-7(15-8(10)14-6)12-3-5-4-17-9(16)13-5/h2,4H,3H2,1H3,(H,13,16)(H4,10,11,12,14,15). The van der Waals surface area contributed by atoms with Crippen LogP contribution in [0.4, 0.5) is 17.6 Å². The van der Waals surface area contributed by atoms with Crippen LogP contribution in [0.1, 0.15) is 5.69 Å². The van der Waals surface area contributed by atoms with Crippen LogP contribution in [0.15, 0.2) is 16.2 Å². The van der Waals surface area contributed by atoms with Crippen molar-refractivity contribution in [2.24, 2.45) is 0 Å². The first-order chi connectivity index (χ1) is 8.17. The van der Waals surface area contributed by atoms with Gasteiger partial charge >= 0.3 is 4.87 Å². The second kappa shape index (κ2) is 4.83. The van der Waals surface area contributed by atoms with Gasteiger partial charge in [0.1, 0.15) is 11.6 Å². The maximum Gasteiger partial charge on any atom is 0.304 e. The molecular formula is C9H12N6OS. The molecule has 2 heterocycles. The van der Waals surface area contributed by atoms with E-state index in [1.807, 2.05) is 0 Å². The van der Waals surface area contributed by atoms with Crippen LogP contribution in [0.2, 0.25) is 0 Å². The number of nitrogen functional groups attached to an aromatic ring is 1. The summed E-state index contributed by atoms with van der Waals surface area (Å²) in [5.74, 6) is 1.44. The largest absolute Gasteiger partial charge is 0.373 e. The molecule has 0 saturated carbocycles. The van der Waals surface area contributed by atoms with Gasteiger partial charge in [0.2, 0.25) is 5.95 Å². The molecule has 2 rings (SSSR count). The fourth-order valence-corrected chi connectivity index (χ4v) is 1.85. The summed E-state index contributed by atoms with van der Waals surface area (Å²) >= 11 is 1.13. The molecule has 0 aromatic carbocycles. The second-order valence-corrected chi connectivity index (χ2v) is 4.12. The average molecular weight is 252 g/mol. The third-order valence-corrected chi connectivity index (χ3v) is 2.75. The van der Waals surface area contributed by atoms with Crippen molar-refractivity contribution in [3.8, 4) is 0 Å². The number of nitrogens with one attached hydrogen (secondary N) is 3. The minimum Gasteiger partial charge on any atom is -0.373 e. The molecule has 90 valence electrons. The molecule has 2 aromatic heterocycles. The number of nitrogens with two attached hydrogens (primary N) is 1. The monoisotopic (exact) mass is 252 g/mol. The first-order valence-corrected chi connectivity index (χ1v) is 5.78. The molecule has 0 saturated heterocycles. The Morgan fingerprint density at radius 3 is 2.88 bits per heavy atom. The summed E-state index contributed by atoms with van der Waals surface area (Å²) in [6.07, 6.45) is 0. The molecule has 5 N–H and O–H groups in total.